The van der Waals surface area contributed by atoms with Gasteiger partial charge in [0, 0.05) is 23.7 Å². The maximum absolute atomic E-state index is 12.6. The summed E-state index contributed by atoms with van der Waals surface area (Å²) in [5.74, 6) is 0.314. The first-order valence-electron chi connectivity index (χ1n) is 9.90. The minimum absolute atomic E-state index is 0.0131. The number of benzene rings is 3. The van der Waals surface area contributed by atoms with E-state index in [2.05, 4.69) is 5.32 Å². The third kappa shape index (κ3) is 4.07. The molecular weight excluding hydrogens is 396 g/mol. The van der Waals surface area contributed by atoms with Crippen LogP contribution in [0.15, 0.2) is 60.7 Å². The quantitative estimate of drug-likeness (QED) is 0.435. The van der Waals surface area contributed by atoms with Crippen molar-refractivity contribution in [2.75, 3.05) is 12.4 Å². The van der Waals surface area contributed by atoms with Gasteiger partial charge in [0.25, 0.3) is 0 Å². The Bertz CT molecular complexity index is 1160. The number of hydrogen-bond donors (Lipinski definition) is 1. The second-order valence-electron chi connectivity index (χ2n) is 7.41. The molecule has 0 aliphatic carbocycles. The first-order chi connectivity index (χ1) is 15.0. The van der Waals surface area contributed by atoms with E-state index in [1.54, 1.807) is 12.1 Å². The van der Waals surface area contributed by atoms with E-state index in [9.17, 15) is 14.9 Å². The van der Waals surface area contributed by atoms with E-state index >= 15 is 0 Å². The number of Topliss-reactive ketones (excluding diaryl/α,β-unsaturated/α-hetero) is 1. The van der Waals surface area contributed by atoms with Crippen LogP contribution in [0.25, 0.3) is 0 Å². The van der Waals surface area contributed by atoms with Crippen molar-refractivity contribution in [1.29, 1.82) is 0 Å². The van der Waals surface area contributed by atoms with Crippen LogP contribution < -0.4 is 14.8 Å². The fraction of sp³-hybridized carbons (Fsp3) is 0.208. The number of hydrogen-bond acceptors (Lipinski definition) is 6. The Morgan fingerprint density at radius 3 is 2.61 bits per heavy atom. The highest BCUT2D eigenvalue weighted by Gasteiger charge is 2.30. The second kappa shape index (κ2) is 8.47. The lowest BCUT2D eigenvalue weighted by Crippen LogP contribution is -2.23. The summed E-state index contributed by atoms with van der Waals surface area (Å²) in [6.45, 7) is 2.13. The molecule has 7 nitrogen and oxygen atoms in total. The van der Waals surface area contributed by atoms with Gasteiger partial charge in [0.05, 0.1) is 18.1 Å². The molecule has 0 spiro atoms. The molecule has 3 aromatic carbocycles. The number of nitrogens with zero attached hydrogens (tertiary/aromatic N) is 1. The van der Waals surface area contributed by atoms with Gasteiger partial charge >= 0.3 is 5.69 Å². The van der Waals surface area contributed by atoms with Crippen LogP contribution in [0.1, 0.15) is 39.5 Å². The largest absolute Gasteiger partial charge is 0.493 e. The van der Waals surface area contributed by atoms with Gasteiger partial charge in [0.1, 0.15) is 6.61 Å². The molecule has 4 rings (SSSR count). The number of fused-ring (bicyclic) bond motifs is 1. The van der Waals surface area contributed by atoms with E-state index in [0.29, 0.717) is 16.8 Å². The maximum Gasteiger partial charge on any atom is 0.315 e. The molecule has 7 heteroatoms. The molecule has 0 amide bonds. The Morgan fingerprint density at radius 1 is 1.13 bits per heavy atom. The predicted molar refractivity (Wildman–Crippen MR) is 117 cm³/mol. The highest BCUT2D eigenvalue weighted by atomic mass is 16.6. The topological polar surface area (TPSA) is 90.7 Å². The molecule has 1 atom stereocenters. The number of methoxy groups -OCH3 is 1. The van der Waals surface area contributed by atoms with E-state index in [1.807, 2.05) is 49.4 Å². The Labute approximate surface area is 179 Å². The molecule has 0 saturated heterocycles. The molecule has 1 heterocycles. The predicted octanol–water partition coefficient (Wildman–Crippen LogP) is 5.23. The molecule has 1 aliphatic heterocycles. The monoisotopic (exact) mass is 418 g/mol. The molecule has 0 saturated carbocycles. The number of carbonyl (C=O) groups excluding carboxylic acids is 1. The molecule has 0 fully saturated rings. The molecular formula is C24H22N2O5. The van der Waals surface area contributed by atoms with Crippen LogP contribution in [-0.4, -0.2) is 17.8 Å². The lowest BCUT2D eigenvalue weighted by Gasteiger charge is -2.27. The molecule has 3 aromatic rings. The zero-order chi connectivity index (χ0) is 22.0. The van der Waals surface area contributed by atoms with Crippen LogP contribution >= 0.6 is 0 Å². The molecule has 1 N–H and O–H groups in total. The lowest BCUT2D eigenvalue weighted by atomic mass is 9.92. The first-order valence-corrected chi connectivity index (χ1v) is 9.90. The number of nitro benzene ring substituents is 1. The number of nitro groups is 1. The number of aryl methyl sites for hydroxylation is 1. The van der Waals surface area contributed by atoms with Crippen LogP contribution in [0.3, 0.4) is 0 Å². The Balaban J connectivity index is 1.68. The average Bonchev–Trinajstić information content (AvgIpc) is 2.78. The van der Waals surface area contributed by atoms with E-state index in [4.69, 9.17) is 9.47 Å². The number of para-hydroxylation sites is 1. The fourth-order valence-corrected chi connectivity index (χ4v) is 3.75. The summed E-state index contributed by atoms with van der Waals surface area (Å²) < 4.78 is 11.3. The molecule has 158 valence electrons. The van der Waals surface area contributed by atoms with Crippen LogP contribution in [-0.2, 0) is 6.61 Å². The molecule has 1 unspecified atom stereocenters. The van der Waals surface area contributed by atoms with Crippen molar-refractivity contribution in [3.05, 3.63) is 93.0 Å². The summed E-state index contributed by atoms with van der Waals surface area (Å²) in [6.07, 6.45) is 0.195. The SMILES string of the molecule is COc1cc(C2CC(=O)c3ccccc3N2)cc([N+](=O)[O-])c1OCc1ccccc1C. The van der Waals surface area contributed by atoms with Gasteiger partial charge < -0.3 is 14.8 Å². The van der Waals surface area contributed by atoms with Crippen LogP contribution in [0.5, 0.6) is 11.5 Å². The van der Waals surface area contributed by atoms with E-state index < -0.39 is 11.0 Å². The standard InChI is InChI=1S/C24H22N2O5/c1-15-7-3-4-8-16(15)14-31-24-21(26(28)29)11-17(12-23(24)30-2)20-13-22(27)18-9-5-6-10-19(18)25-20/h3-12,20,25H,13-14H2,1-2H3. The number of ether oxygens (including phenoxy) is 2. The molecule has 1 aliphatic rings. The summed E-state index contributed by atoms with van der Waals surface area (Å²) >= 11 is 0. The summed E-state index contributed by atoms with van der Waals surface area (Å²) in [6, 6.07) is 17.7. The van der Waals surface area contributed by atoms with Gasteiger partial charge in [-0.2, -0.15) is 0 Å². The van der Waals surface area contributed by atoms with Crippen molar-refractivity contribution in [2.45, 2.75) is 26.0 Å². The van der Waals surface area contributed by atoms with E-state index in [1.165, 1.54) is 13.2 Å². The molecule has 31 heavy (non-hydrogen) atoms. The Kier molecular flexibility index (Phi) is 5.58. The number of anilines is 1. The zero-order valence-corrected chi connectivity index (χ0v) is 17.3. The number of ketones is 1. The summed E-state index contributed by atoms with van der Waals surface area (Å²) in [5.41, 5.74) is 3.69. The van der Waals surface area contributed by atoms with Crippen molar-refractivity contribution >= 4 is 17.2 Å². The number of carbonyl (C=O) groups is 1. The normalized spacial score (nSPS) is 15.0. The Morgan fingerprint density at radius 2 is 1.87 bits per heavy atom. The molecule has 0 bridgehead atoms. The maximum atomic E-state index is 12.6. The number of rotatable bonds is 6. The van der Waals surface area contributed by atoms with Gasteiger partial charge in [-0.15, -0.1) is 0 Å². The molecule has 0 aromatic heterocycles. The van der Waals surface area contributed by atoms with E-state index in [0.717, 1.165) is 11.1 Å². The fourth-order valence-electron chi connectivity index (χ4n) is 3.75. The van der Waals surface area contributed by atoms with Crippen molar-refractivity contribution in [3.8, 4) is 11.5 Å². The highest BCUT2D eigenvalue weighted by Crippen LogP contribution is 2.42. The zero-order valence-electron chi connectivity index (χ0n) is 17.3. The van der Waals surface area contributed by atoms with Gasteiger partial charge in [0.15, 0.2) is 11.5 Å². The van der Waals surface area contributed by atoms with Gasteiger partial charge in [-0.3, -0.25) is 14.9 Å². The van der Waals surface area contributed by atoms with Crippen molar-refractivity contribution < 1.29 is 19.2 Å². The van der Waals surface area contributed by atoms with Gasteiger partial charge in [-0.05, 0) is 41.8 Å². The number of nitrogens with one attached hydrogen (secondary N) is 1. The highest BCUT2D eigenvalue weighted by molar-refractivity contribution is 6.03. The van der Waals surface area contributed by atoms with Gasteiger partial charge in [-0.25, -0.2) is 0 Å². The van der Waals surface area contributed by atoms with E-state index in [-0.39, 0.29) is 36.0 Å². The Hall–Kier alpha value is -3.87. The van der Waals surface area contributed by atoms with Gasteiger partial charge in [0.2, 0.25) is 5.75 Å². The average molecular weight is 418 g/mol. The minimum Gasteiger partial charge on any atom is -0.493 e. The van der Waals surface area contributed by atoms with Crippen molar-refractivity contribution in [3.63, 3.8) is 0 Å². The third-order valence-corrected chi connectivity index (χ3v) is 5.46. The van der Waals surface area contributed by atoms with Crippen molar-refractivity contribution in [2.24, 2.45) is 0 Å². The third-order valence-electron chi connectivity index (χ3n) is 5.46. The minimum atomic E-state index is -0.488. The van der Waals surface area contributed by atoms with Gasteiger partial charge in [-0.1, -0.05) is 36.4 Å². The first kappa shape index (κ1) is 20.4. The van der Waals surface area contributed by atoms with Crippen LogP contribution in [0.4, 0.5) is 11.4 Å². The lowest BCUT2D eigenvalue weighted by molar-refractivity contribution is -0.386. The summed E-state index contributed by atoms with van der Waals surface area (Å²) in [5, 5.41) is 15.2. The summed E-state index contributed by atoms with van der Waals surface area (Å²) in [7, 11) is 1.44. The smallest absolute Gasteiger partial charge is 0.315 e. The van der Waals surface area contributed by atoms with Crippen LogP contribution in [0, 0.1) is 17.0 Å². The van der Waals surface area contributed by atoms with Crippen molar-refractivity contribution in [1.82, 2.24) is 0 Å². The second-order valence-corrected chi connectivity index (χ2v) is 7.41. The molecule has 0 radical (unpaired) electrons. The van der Waals surface area contributed by atoms with Crippen LogP contribution in [0.2, 0.25) is 0 Å². The summed E-state index contributed by atoms with van der Waals surface area (Å²) in [4.78, 5) is 23.9.